The number of amides is 2. The third-order valence-electron chi connectivity index (χ3n) is 6.13. The second-order valence-electron chi connectivity index (χ2n) is 7.92. The highest BCUT2D eigenvalue weighted by molar-refractivity contribution is 6.25. The van der Waals surface area contributed by atoms with Gasteiger partial charge in [0.15, 0.2) is 6.10 Å². The second kappa shape index (κ2) is 7.25. The van der Waals surface area contributed by atoms with Gasteiger partial charge in [0, 0.05) is 0 Å². The van der Waals surface area contributed by atoms with Crippen molar-refractivity contribution in [1.82, 2.24) is 0 Å². The Hall–Kier alpha value is -3.64. The summed E-state index contributed by atoms with van der Waals surface area (Å²) in [5.41, 5.74) is 1.10. The molecular weight excluding hydrogens is 392 g/mol. The van der Waals surface area contributed by atoms with Gasteiger partial charge in [0.1, 0.15) is 11.2 Å². The topological polar surface area (TPSA) is 59.1 Å². The Balaban J connectivity index is 1.63. The number of ether oxygens (including phenoxy) is 1. The van der Waals surface area contributed by atoms with Gasteiger partial charge < -0.3 is 4.74 Å². The molecule has 0 saturated carbocycles. The summed E-state index contributed by atoms with van der Waals surface area (Å²) in [4.78, 5) is 34.6. The minimum Gasteiger partial charge on any atom is -0.497 e. The molecular formula is C25H22N2O4. The van der Waals surface area contributed by atoms with E-state index in [0.717, 1.165) is 17.0 Å². The summed E-state index contributed by atoms with van der Waals surface area (Å²) in [5.74, 6) is 0.0963. The first kappa shape index (κ1) is 19.3. The highest BCUT2D eigenvalue weighted by Gasteiger charge is 2.68. The van der Waals surface area contributed by atoms with E-state index in [-0.39, 0.29) is 11.8 Å². The van der Waals surface area contributed by atoms with Crippen molar-refractivity contribution in [3.05, 3.63) is 90.5 Å². The van der Waals surface area contributed by atoms with E-state index < -0.39 is 17.6 Å². The molecule has 5 rings (SSSR count). The molecule has 0 spiro atoms. The number of methoxy groups -OCH3 is 1. The predicted octanol–water partition coefficient (Wildman–Crippen LogP) is 4.14. The van der Waals surface area contributed by atoms with Gasteiger partial charge in [-0.05, 0) is 48.9 Å². The number of nitrogens with zero attached hydrogens (tertiary/aromatic N) is 2. The van der Waals surface area contributed by atoms with Crippen LogP contribution in [0, 0.1) is 5.41 Å². The van der Waals surface area contributed by atoms with E-state index in [0.29, 0.717) is 5.69 Å². The van der Waals surface area contributed by atoms with Gasteiger partial charge in [-0.1, -0.05) is 48.5 Å². The molecule has 2 amide bonds. The zero-order valence-electron chi connectivity index (χ0n) is 17.3. The molecule has 2 saturated heterocycles. The molecule has 2 fully saturated rings. The van der Waals surface area contributed by atoms with Crippen molar-refractivity contribution in [3.63, 3.8) is 0 Å². The lowest BCUT2D eigenvalue weighted by atomic mass is 9.76. The van der Waals surface area contributed by atoms with Crippen LogP contribution in [0.2, 0.25) is 0 Å². The summed E-state index contributed by atoms with van der Waals surface area (Å²) >= 11 is 0. The Morgan fingerprint density at radius 2 is 1.42 bits per heavy atom. The van der Waals surface area contributed by atoms with E-state index in [4.69, 9.17) is 9.57 Å². The Bertz CT molecular complexity index is 1120. The summed E-state index contributed by atoms with van der Waals surface area (Å²) in [6.07, 6.45) is -0.924. The van der Waals surface area contributed by atoms with Crippen molar-refractivity contribution in [2.24, 2.45) is 5.41 Å². The van der Waals surface area contributed by atoms with Gasteiger partial charge >= 0.3 is 0 Å². The van der Waals surface area contributed by atoms with Crippen LogP contribution in [-0.4, -0.2) is 25.0 Å². The smallest absolute Gasteiger partial charge is 0.266 e. The number of hydroxylamine groups is 1. The number of carbonyl (C=O) groups excluding carboxylic acids is 2. The van der Waals surface area contributed by atoms with Crippen LogP contribution in [0.25, 0.3) is 0 Å². The van der Waals surface area contributed by atoms with Crippen LogP contribution in [0.5, 0.6) is 5.75 Å². The number of imide groups is 1. The first-order chi connectivity index (χ1) is 15.1. The number of para-hydroxylation sites is 2. The lowest BCUT2D eigenvalue weighted by Crippen LogP contribution is -2.41. The van der Waals surface area contributed by atoms with Gasteiger partial charge in [-0.25, -0.2) is 9.96 Å². The van der Waals surface area contributed by atoms with Gasteiger partial charge in [0.2, 0.25) is 5.91 Å². The largest absolute Gasteiger partial charge is 0.497 e. The Morgan fingerprint density at radius 3 is 2.00 bits per heavy atom. The summed E-state index contributed by atoms with van der Waals surface area (Å²) in [6, 6.07) is 25.6. The van der Waals surface area contributed by atoms with E-state index >= 15 is 0 Å². The normalized spacial score (nSPS) is 25.1. The summed E-state index contributed by atoms with van der Waals surface area (Å²) in [5, 5.41) is 1.70. The lowest BCUT2D eigenvalue weighted by Gasteiger charge is -2.32. The van der Waals surface area contributed by atoms with E-state index in [1.165, 1.54) is 4.90 Å². The fourth-order valence-corrected chi connectivity index (χ4v) is 4.53. The van der Waals surface area contributed by atoms with E-state index in [9.17, 15) is 9.59 Å². The molecule has 3 atom stereocenters. The van der Waals surface area contributed by atoms with Crippen LogP contribution >= 0.6 is 0 Å². The Kier molecular flexibility index (Phi) is 4.52. The third-order valence-corrected chi connectivity index (χ3v) is 6.13. The van der Waals surface area contributed by atoms with E-state index in [1.807, 2.05) is 79.7 Å². The van der Waals surface area contributed by atoms with Gasteiger partial charge in [-0.3, -0.25) is 14.4 Å². The minimum atomic E-state index is -1.10. The van der Waals surface area contributed by atoms with Crippen LogP contribution in [0.15, 0.2) is 84.9 Å². The molecule has 6 nitrogen and oxygen atoms in total. The first-order valence-electron chi connectivity index (χ1n) is 10.1. The van der Waals surface area contributed by atoms with Crippen LogP contribution in [-0.2, 0) is 14.4 Å². The van der Waals surface area contributed by atoms with Gasteiger partial charge in [-0.15, -0.1) is 0 Å². The maximum atomic E-state index is 13.8. The standard InChI is InChI=1S/C25H22N2O4/c1-25-21(17-13-15-20(30-2)16-14-17)27(19-11-7-4-8-12-19)31-22(25)23(28)26(24(25)29)18-9-5-3-6-10-18/h3-16,21-22H,1-2H3. The average molecular weight is 414 g/mol. The fourth-order valence-electron chi connectivity index (χ4n) is 4.53. The molecule has 2 aliphatic heterocycles. The molecule has 3 aromatic rings. The molecule has 2 aliphatic rings. The lowest BCUT2D eigenvalue weighted by molar-refractivity contribution is -0.128. The number of hydrogen-bond donors (Lipinski definition) is 0. The number of anilines is 2. The molecule has 0 radical (unpaired) electrons. The van der Waals surface area contributed by atoms with Crippen molar-refractivity contribution in [2.75, 3.05) is 17.1 Å². The molecule has 6 heteroatoms. The first-order valence-corrected chi connectivity index (χ1v) is 10.1. The number of carbonyl (C=O) groups is 2. The van der Waals surface area contributed by atoms with Gasteiger partial charge in [0.25, 0.3) is 5.91 Å². The molecule has 156 valence electrons. The average Bonchev–Trinajstić information content (AvgIpc) is 3.23. The van der Waals surface area contributed by atoms with Crippen LogP contribution in [0.3, 0.4) is 0 Å². The molecule has 0 aromatic heterocycles. The van der Waals surface area contributed by atoms with Crippen LogP contribution in [0.1, 0.15) is 18.5 Å². The highest BCUT2D eigenvalue weighted by atomic mass is 16.7. The molecule has 2 heterocycles. The fraction of sp³-hybridized carbons (Fsp3) is 0.200. The van der Waals surface area contributed by atoms with E-state index in [2.05, 4.69) is 0 Å². The maximum absolute atomic E-state index is 13.8. The van der Waals surface area contributed by atoms with Crippen molar-refractivity contribution in [3.8, 4) is 5.75 Å². The highest BCUT2D eigenvalue weighted by Crippen LogP contribution is 2.55. The molecule has 3 unspecified atom stereocenters. The Labute approximate surface area is 180 Å². The summed E-state index contributed by atoms with van der Waals surface area (Å²) in [6.45, 7) is 1.82. The van der Waals surface area contributed by atoms with Gasteiger partial charge in [-0.2, -0.15) is 0 Å². The SMILES string of the molecule is COc1ccc(C2N(c3ccccc3)OC3C(=O)N(c4ccccc4)C(=O)C32C)cc1. The van der Waals surface area contributed by atoms with Crippen molar-refractivity contribution in [2.45, 2.75) is 19.1 Å². The molecule has 31 heavy (non-hydrogen) atoms. The Morgan fingerprint density at radius 1 is 0.839 bits per heavy atom. The van der Waals surface area contributed by atoms with E-state index in [1.54, 1.807) is 24.3 Å². The zero-order chi connectivity index (χ0) is 21.6. The zero-order valence-corrected chi connectivity index (χ0v) is 17.3. The molecule has 0 aliphatic carbocycles. The monoisotopic (exact) mass is 414 g/mol. The van der Waals surface area contributed by atoms with Crippen molar-refractivity contribution in [1.29, 1.82) is 0 Å². The number of fused-ring (bicyclic) bond motifs is 1. The number of rotatable bonds is 4. The quantitative estimate of drug-likeness (QED) is 0.601. The second-order valence-corrected chi connectivity index (χ2v) is 7.92. The molecule has 3 aromatic carbocycles. The maximum Gasteiger partial charge on any atom is 0.266 e. The van der Waals surface area contributed by atoms with Crippen LogP contribution < -0.4 is 14.7 Å². The number of hydrogen-bond acceptors (Lipinski definition) is 5. The van der Waals surface area contributed by atoms with Gasteiger partial charge in [0.05, 0.1) is 24.5 Å². The molecule has 0 N–H and O–H groups in total. The minimum absolute atomic E-state index is 0.270. The summed E-state index contributed by atoms with van der Waals surface area (Å²) < 4.78 is 5.29. The molecule has 0 bridgehead atoms. The predicted molar refractivity (Wildman–Crippen MR) is 117 cm³/mol. The van der Waals surface area contributed by atoms with Crippen LogP contribution in [0.4, 0.5) is 11.4 Å². The summed E-state index contributed by atoms with van der Waals surface area (Å²) in [7, 11) is 1.61. The third kappa shape index (κ3) is 2.83. The number of benzene rings is 3. The van der Waals surface area contributed by atoms with Crippen molar-refractivity contribution < 1.29 is 19.2 Å². The van der Waals surface area contributed by atoms with Crippen molar-refractivity contribution >= 4 is 23.2 Å².